The average molecular weight is 373 g/mol. The largest absolute Gasteiger partial charge is 0.459 e. The first-order chi connectivity index (χ1) is 9.97. The van der Waals surface area contributed by atoms with Crippen molar-refractivity contribution in [2.24, 2.45) is 5.73 Å². The van der Waals surface area contributed by atoms with Crippen molar-refractivity contribution < 1.29 is 13.2 Å². The zero-order chi connectivity index (χ0) is 15.1. The molecule has 0 spiro atoms. The zero-order valence-corrected chi connectivity index (χ0v) is 12.9. The number of fused-ring (bicyclic) bond motifs is 1. The molecule has 0 saturated heterocycles. The van der Waals surface area contributed by atoms with Crippen LogP contribution in [-0.2, 0) is 0 Å². The van der Waals surface area contributed by atoms with E-state index in [9.17, 15) is 8.78 Å². The molecule has 0 amide bonds. The maximum absolute atomic E-state index is 13.6. The Morgan fingerprint density at radius 1 is 1.14 bits per heavy atom. The summed E-state index contributed by atoms with van der Waals surface area (Å²) in [6, 6.07) is 8.66. The highest BCUT2D eigenvalue weighted by Gasteiger charge is 2.20. The molecule has 108 valence electrons. The lowest BCUT2D eigenvalue weighted by molar-refractivity contribution is 0.494. The first kappa shape index (κ1) is 14.5. The van der Waals surface area contributed by atoms with Gasteiger partial charge in [0.2, 0.25) is 0 Å². The van der Waals surface area contributed by atoms with Gasteiger partial charge in [-0.25, -0.2) is 8.78 Å². The van der Waals surface area contributed by atoms with Crippen LogP contribution in [0.2, 0.25) is 5.02 Å². The van der Waals surface area contributed by atoms with Crippen molar-refractivity contribution in [3.8, 4) is 0 Å². The Morgan fingerprint density at radius 3 is 2.67 bits per heavy atom. The van der Waals surface area contributed by atoms with E-state index in [-0.39, 0.29) is 4.47 Å². The van der Waals surface area contributed by atoms with Crippen molar-refractivity contribution in [2.75, 3.05) is 0 Å². The normalized spacial score (nSPS) is 12.8. The Hall–Kier alpha value is -1.43. The monoisotopic (exact) mass is 371 g/mol. The molecule has 6 heteroatoms. The summed E-state index contributed by atoms with van der Waals surface area (Å²) in [5.41, 5.74) is 7.12. The van der Waals surface area contributed by atoms with Gasteiger partial charge >= 0.3 is 0 Å². The summed E-state index contributed by atoms with van der Waals surface area (Å²) in [6.07, 6.45) is 0. The van der Waals surface area contributed by atoms with Crippen molar-refractivity contribution in [2.45, 2.75) is 6.04 Å². The number of furan rings is 1. The van der Waals surface area contributed by atoms with Crippen LogP contribution in [0.25, 0.3) is 11.0 Å². The topological polar surface area (TPSA) is 39.2 Å². The molecular weight excluding hydrogens is 364 g/mol. The number of benzene rings is 2. The zero-order valence-electron chi connectivity index (χ0n) is 10.5. The van der Waals surface area contributed by atoms with Crippen molar-refractivity contribution >= 4 is 38.5 Å². The number of hydrogen-bond acceptors (Lipinski definition) is 2. The van der Waals surface area contributed by atoms with E-state index in [1.807, 2.05) is 0 Å². The Kier molecular flexibility index (Phi) is 3.73. The molecule has 0 radical (unpaired) electrons. The predicted molar refractivity (Wildman–Crippen MR) is 81.3 cm³/mol. The van der Waals surface area contributed by atoms with E-state index in [1.165, 1.54) is 6.07 Å². The lowest BCUT2D eigenvalue weighted by atomic mass is 10.0. The maximum atomic E-state index is 13.6. The molecule has 3 rings (SSSR count). The van der Waals surface area contributed by atoms with Crippen LogP contribution in [0.15, 0.2) is 45.3 Å². The third-order valence-corrected chi connectivity index (χ3v) is 4.25. The minimum absolute atomic E-state index is 0.00603. The first-order valence-electron chi connectivity index (χ1n) is 6.05. The van der Waals surface area contributed by atoms with Crippen LogP contribution in [0, 0.1) is 11.6 Å². The molecule has 0 saturated carbocycles. The molecule has 21 heavy (non-hydrogen) atoms. The molecule has 2 N–H and O–H groups in total. The van der Waals surface area contributed by atoms with Gasteiger partial charge < -0.3 is 10.2 Å². The fourth-order valence-electron chi connectivity index (χ4n) is 2.12. The van der Waals surface area contributed by atoms with Gasteiger partial charge in [-0.15, -0.1) is 0 Å². The molecular formula is C15H9BrClF2NO. The second kappa shape index (κ2) is 5.40. The second-order valence-corrected chi connectivity index (χ2v) is 5.80. The molecule has 0 aliphatic carbocycles. The molecule has 0 bridgehead atoms. The van der Waals surface area contributed by atoms with Crippen molar-refractivity contribution in [3.05, 3.63) is 68.9 Å². The van der Waals surface area contributed by atoms with Crippen LogP contribution in [0.1, 0.15) is 17.4 Å². The van der Waals surface area contributed by atoms with Crippen molar-refractivity contribution in [1.29, 1.82) is 0 Å². The smallest absolute Gasteiger partial charge is 0.173 e. The van der Waals surface area contributed by atoms with E-state index >= 15 is 0 Å². The SMILES string of the molecule is NC(c1cc2cc(Cl)ccc2o1)c1ccc(F)c(F)c1Br. The summed E-state index contributed by atoms with van der Waals surface area (Å²) < 4.78 is 32.4. The van der Waals surface area contributed by atoms with Crippen LogP contribution < -0.4 is 5.73 Å². The number of halogens is 4. The van der Waals surface area contributed by atoms with Crippen LogP contribution in [0.3, 0.4) is 0 Å². The van der Waals surface area contributed by atoms with E-state index in [0.717, 1.165) is 11.5 Å². The Balaban J connectivity index is 2.08. The summed E-state index contributed by atoms with van der Waals surface area (Å²) in [5.74, 6) is -1.46. The van der Waals surface area contributed by atoms with Crippen LogP contribution in [-0.4, -0.2) is 0 Å². The molecule has 0 fully saturated rings. The quantitative estimate of drug-likeness (QED) is 0.630. The van der Waals surface area contributed by atoms with Gasteiger partial charge in [-0.1, -0.05) is 17.7 Å². The third kappa shape index (κ3) is 2.57. The van der Waals surface area contributed by atoms with E-state index in [1.54, 1.807) is 24.3 Å². The molecule has 1 atom stereocenters. The van der Waals surface area contributed by atoms with Crippen LogP contribution in [0.5, 0.6) is 0 Å². The van der Waals surface area contributed by atoms with Gasteiger partial charge in [0.25, 0.3) is 0 Å². The van der Waals surface area contributed by atoms with Crippen molar-refractivity contribution in [3.63, 3.8) is 0 Å². The standard InChI is InChI=1S/C15H9BrClF2NO/c16-13-9(2-3-10(18)14(13)19)15(20)12-6-7-5-8(17)1-4-11(7)21-12/h1-6,15H,20H2. The number of nitrogens with two attached hydrogens (primary N) is 1. The van der Waals surface area contributed by atoms with Crippen molar-refractivity contribution in [1.82, 2.24) is 0 Å². The van der Waals surface area contributed by atoms with E-state index in [0.29, 0.717) is 21.9 Å². The minimum atomic E-state index is -0.970. The van der Waals surface area contributed by atoms with Gasteiger partial charge in [0, 0.05) is 10.4 Å². The summed E-state index contributed by atoms with van der Waals surface area (Å²) >= 11 is 8.94. The van der Waals surface area contributed by atoms with E-state index in [4.69, 9.17) is 21.8 Å². The summed E-state index contributed by atoms with van der Waals surface area (Å²) in [5, 5.41) is 1.38. The second-order valence-electron chi connectivity index (χ2n) is 4.57. The highest BCUT2D eigenvalue weighted by Crippen LogP contribution is 2.33. The van der Waals surface area contributed by atoms with Gasteiger partial charge in [-0.05, 0) is 51.8 Å². The average Bonchev–Trinajstić information content (AvgIpc) is 2.87. The summed E-state index contributed by atoms with van der Waals surface area (Å²) in [4.78, 5) is 0. The molecule has 1 aromatic heterocycles. The highest BCUT2D eigenvalue weighted by atomic mass is 79.9. The summed E-state index contributed by atoms with van der Waals surface area (Å²) in [7, 11) is 0. The fraction of sp³-hybridized carbons (Fsp3) is 0.0667. The Morgan fingerprint density at radius 2 is 1.90 bits per heavy atom. The lowest BCUT2D eigenvalue weighted by Crippen LogP contribution is -2.12. The van der Waals surface area contributed by atoms with Gasteiger partial charge in [0.15, 0.2) is 11.6 Å². The molecule has 0 aliphatic rings. The molecule has 1 unspecified atom stereocenters. The number of rotatable bonds is 2. The fourth-order valence-corrected chi connectivity index (χ4v) is 2.87. The maximum Gasteiger partial charge on any atom is 0.173 e. The highest BCUT2D eigenvalue weighted by molar-refractivity contribution is 9.10. The minimum Gasteiger partial charge on any atom is -0.459 e. The predicted octanol–water partition coefficient (Wildman–Crippen LogP) is 5.18. The Labute approximate surface area is 132 Å². The Bertz CT molecular complexity index is 834. The van der Waals surface area contributed by atoms with Gasteiger partial charge in [0.05, 0.1) is 10.5 Å². The van der Waals surface area contributed by atoms with Gasteiger partial charge in [-0.2, -0.15) is 0 Å². The third-order valence-electron chi connectivity index (χ3n) is 3.20. The molecule has 2 nitrogen and oxygen atoms in total. The first-order valence-corrected chi connectivity index (χ1v) is 7.22. The molecule has 0 aliphatic heterocycles. The molecule has 3 aromatic rings. The van der Waals surface area contributed by atoms with E-state index < -0.39 is 17.7 Å². The summed E-state index contributed by atoms with van der Waals surface area (Å²) in [6.45, 7) is 0. The van der Waals surface area contributed by atoms with Crippen LogP contribution >= 0.6 is 27.5 Å². The van der Waals surface area contributed by atoms with Gasteiger partial charge in [-0.3, -0.25) is 0 Å². The molecule has 1 heterocycles. The van der Waals surface area contributed by atoms with E-state index in [2.05, 4.69) is 15.9 Å². The van der Waals surface area contributed by atoms with Crippen LogP contribution in [0.4, 0.5) is 8.78 Å². The lowest BCUT2D eigenvalue weighted by Gasteiger charge is -2.12. The van der Waals surface area contributed by atoms with Gasteiger partial charge in [0.1, 0.15) is 11.3 Å². The molecule has 2 aromatic carbocycles. The number of hydrogen-bond donors (Lipinski definition) is 1.